The Morgan fingerprint density at radius 3 is 2.52 bits per heavy atom. The largest absolute Gasteiger partial charge is 0.352 e. The van der Waals surface area contributed by atoms with Crippen molar-refractivity contribution in [2.75, 3.05) is 31.1 Å². The molecule has 1 aliphatic rings. The fourth-order valence-electron chi connectivity index (χ4n) is 3.93. The van der Waals surface area contributed by atoms with E-state index in [1.165, 1.54) is 12.1 Å². The smallest absolute Gasteiger partial charge is 0.227 e. The number of benzene rings is 1. The number of anilines is 1. The molecule has 1 fully saturated rings. The highest BCUT2D eigenvalue weighted by atomic mass is 19.1. The highest BCUT2D eigenvalue weighted by Crippen LogP contribution is 2.21. The lowest BCUT2D eigenvalue weighted by Gasteiger charge is -2.35. The summed E-state index contributed by atoms with van der Waals surface area (Å²) in [4.78, 5) is 21.2. The van der Waals surface area contributed by atoms with Gasteiger partial charge in [0.15, 0.2) is 0 Å². The van der Waals surface area contributed by atoms with E-state index in [1.54, 1.807) is 35.1 Å². The number of amides is 1. The minimum Gasteiger partial charge on any atom is -0.352 e. The van der Waals surface area contributed by atoms with E-state index >= 15 is 0 Å². The number of nitriles is 1. The van der Waals surface area contributed by atoms with Gasteiger partial charge in [-0.1, -0.05) is 0 Å². The van der Waals surface area contributed by atoms with Crippen LogP contribution < -0.4 is 4.90 Å². The molecule has 3 aromatic rings. The first kappa shape index (κ1) is 20.5. The zero-order valence-corrected chi connectivity index (χ0v) is 17.5. The van der Waals surface area contributed by atoms with E-state index < -0.39 is 0 Å². The van der Waals surface area contributed by atoms with Gasteiger partial charge in [-0.05, 0) is 50.2 Å². The molecule has 8 heteroatoms. The first-order valence-corrected chi connectivity index (χ1v) is 10.2. The van der Waals surface area contributed by atoms with Gasteiger partial charge in [-0.2, -0.15) is 10.4 Å². The first-order valence-electron chi connectivity index (χ1n) is 10.2. The average molecular weight is 418 g/mol. The van der Waals surface area contributed by atoms with Crippen LogP contribution in [0, 0.1) is 31.0 Å². The maximum Gasteiger partial charge on any atom is 0.227 e. The van der Waals surface area contributed by atoms with Crippen molar-refractivity contribution in [1.82, 2.24) is 19.7 Å². The summed E-state index contributed by atoms with van der Waals surface area (Å²) in [5.74, 6) is 0.419. The van der Waals surface area contributed by atoms with Crippen molar-refractivity contribution in [3.8, 4) is 11.8 Å². The van der Waals surface area contributed by atoms with Gasteiger partial charge in [-0.15, -0.1) is 0 Å². The topological polar surface area (TPSA) is 78.1 Å². The van der Waals surface area contributed by atoms with Gasteiger partial charge in [-0.25, -0.2) is 14.1 Å². The molecule has 31 heavy (non-hydrogen) atoms. The Bertz CT molecular complexity index is 1140. The summed E-state index contributed by atoms with van der Waals surface area (Å²) in [5.41, 5.74) is 3.87. The number of hydrogen-bond acceptors (Lipinski definition) is 5. The van der Waals surface area contributed by atoms with Crippen LogP contribution in [0.4, 0.5) is 10.2 Å². The maximum absolute atomic E-state index is 13.2. The lowest BCUT2D eigenvalue weighted by Crippen LogP contribution is -2.49. The minimum atomic E-state index is -0.299. The number of rotatable bonds is 4. The normalized spacial score (nSPS) is 13.9. The van der Waals surface area contributed by atoms with Gasteiger partial charge in [0.1, 0.15) is 17.7 Å². The van der Waals surface area contributed by atoms with Crippen LogP contribution in [0.3, 0.4) is 0 Å². The molecular formula is C23H23FN6O. The standard InChI is InChI=1S/C23H23FN6O/c1-16-21(17(2)30(27-16)20-7-5-19(24)6-8-20)14-22(31)28-10-12-29(13-11-28)23-18(15-25)4-3-9-26-23/h3-9H,10-14H2,1-2H3. The molecule has 1 aromatic carbocycles. The Kier molecular flexibility index (Phi) is 5.67. The third-order valence-electron chi connectivity index (χ3n) is 5.68. The van der Waals surface area contributed by atoms with Crippen LogP contribution in [0.1, 0.15) is 22.5 Å². The van der Waals surface area contributed by atoms with Crippen LogP contribution >= 0.6 is 0 Å². The molecule has 1 saturated heterocycles. The number of hydrogen-bond donors (Lipinski definition) is 0. The fraction of sp³-hybridized carbons (Fsp3) is 0.304. The van der Waals surface area contributed by atoms with Crippen molar-refractivity contribution in [2.24, 2.45) is 0 Å². The molecule has 158 valence electrons. The number of halogens is 1. The Morgan fingerprint density at radius 2 is 1.84 bits per heavy atom. The molecule has 7 nitrogen and oxygen atoms in total. The van der Waals surface area contributed by atoms with Crippen molar-refractivity contribution in [2.45, 2.75) is 20.3 Å². The van der Waals surface area contributed by atoms with Crippen LogP contribution in [0.5, 0.6) is 0 Å². The van der Waals surface area contributed by atoms with Gasteiger partial charge in [0, 0.05) is 43.6 Å². The summed E-state index contributed by atoms with van der Waals surface area (Å²) >= 11 is 0. The van der Waals surface area contributed by atoms with Crippen LogP contribution in [-0.4, -0.2) is 51.8 Å². The molecule has 0 aliphatic carbocycles. The number of pyridine rings is 1. The minimum absolute atomic E-state index is 0.0473. The number of nitrogens with zero attached hydrogens (tertiary/aromatic N) is 6. The quantitative estimate of drug-likeness (QED) is 0.651. The molecule has 0 bridgehead atoms. The lowest BCUT2D eigenvalue weighted by molar-refractivity contribution is -0.130. The summed E-state index contributed by atoms with van der Waals surface area (Å²) in [6.07, 6.45) is 1.95. The van der Waals surface area contributed by atoms with Crippen LogP contribution in [0.15, 0.2) is 42.6 Å². The van der Waals surface area contributed by atoms with E-state index in [-0.39, 0.29) is 18.1 Å². The Balaban J connectivity index is 1.44. The highest BCUT2D eigenvalue weighted by Gasteiger charge is 2.25. The van der Waals surface area contributed by atoms with Crippen molar-refractivity contribution in [3.05, 3.63) is 70.9 Å². The highest BCUT2D eigenvalue weighted by molar-refractivity contribution is 5.79. The molecule has 1 aliphatic heterocycles. The maximum atomic E-state index is 13.2. The summed E-state index contributed by atoms with van der Waals surface area (Å²) in [6.45, 7) is 6.22. The van der Waals surface area contributed by atoms with Gasteiger partial charge < -0.3 is 9.80 Å². The molecule has 0 N–H and O–H groups in total. The summed E-state index contributed by atoms with van der Waals surface area (Å²) in [6, 6.07) is 11.8. The molecule has 1 amide bonds. The van der Waals surface area contributed by atoms with E-state index in [4.69, 9.17) is 0 Å². The van der Waals surface area contributed by atoms with Gasteiger partial charge in [0.25, 0.3) is 0 Å². The SMILES string of the molecule is Cc1nn(-c2ccc(F)cc2)c(C)c1CC(=O)N1CCN(c2ncccc2C#N)CC1. The second-order valence-corrected chi connectivity index (χ2v) is 7.57. The predicted molar refractivity (Wildman–Crippen MR) is 114 cm³/mol. The zero-order valence-electron chi connectivity index (χ0n) is 17.5. The van der Waals surface area contributed by atoms with Crippen LogP contribution in [-0.2, 0) is 11.2 Å². The van der Waals surface area contributed by atoms with E-state index in [1.807, 2.05) is 23.6 Å². The average Bonchev–Trinajstić information content (AvgIpc) is 3.08. The molecule has 2 aromatic heterocycles. The molecule has 0 spiro atoms. The Morgan fingerprint density at radius 1 is 1.13 bits per heavy atom. The number of carbonyl (C=O) groups excluding carboxylic acids is 1. The van der Waals surface area contributed by atoms with Crippen molar-refractivity contribution in [1.29, 1.82) is 5.26 Å². The van der Waals surface area contributed by atoms with Crippen LogP contribution in [0.25, 0.3) is 5.69 Å². The molecule has 4 rings (SSSR count). The van der Waals surface area contributed by atoms with Gasteiger partial charge in [0.2, 0.25) is 5.91 Å². The summed E-state index contributed by atoms with van der Waals surface area (Å²) in [5, 5.41) is 13.9. The molecular weight excluding hydrogens is 395 g/mol. The first-order chi connectivity index (χ1) is 15.0. The van der Waals surface area contributed by atoms with E-state index in [0.717, 1.165) is 22.6 Å². The van der Waals surface area contributed by atoms with Crippen molar-refractivity contribution in [3.63, 3.8) is 0 Å². The Labute approximate surface area is 180 Å². The zero-order chi connectivity index (χ0) is 22.0. The number of aryl methyl sites for hydroxylation is 1. The van der Waals surface area contributed by atoms with E-state index in [9.17, 15) is 14.4 Å². The third-order valence-corrected chi connectivity index (χ3v) is 5.68. The Hall–Kier alpha value is -3.73. The summed E-state index contributed by atoms with van der Waals surface area (Å²) < 4.78 is 15.0. The van der Waals surface area contributed by atoms with Gasteiger partial charge in [0.05, 0.1) is 23.4 Å². The lowest BCUT2D eigenvalue weighted by atomic mass is 10.1. The molecule has 3 heterocycles. The number of piperazine rings is 1. The van der Waals surface area contributed by atoms with Crippen molar-refractivity contribution >= 4 is 11.7 Å². The summed E-state index contributed by atoms with van der Waals surface area (Å²) in [7, 11) is 0. The monoisotopic (exact) mass is 418 g/mol. The molecule has 0 saturated carbocycles. The van der Waals surface area contributed by atoms with Crippen LogP contribution in [0.2, 0.25) is 0 Å². The predicted octanol–water partition coefficient (Wildman–Crippen LogP) is 2.79. The number of carbonyl (C=O) groups is 1. The second-order valence-electron chi connectivity index (χ2n) is 7.57. The van der Waals surface area contributed by atoms with E-state index in [2.05, 4.69) is 16.2 Å². The second kappa shape index (κ2) is 8.56. The van der Waals surface area contributed by atoms with E-state index in [0.29, 0.717) is 37.6 Å². The van der Waals surface area contributed by atoms with Gasteiger partial charge in [-0.3, -0.25) is 4.79 Å². The third kappa shape index (κ3) is 4.12. The van der Waals surface area contributed by atoms with Gasteiger partial charge >= 0.3 is 0 Å². The molecule has 0 unspecified atom stereocenters. The fourth-order valence-corrected chi connectivity index (χ4v) is 3.93. The molecule has 0 radical (unpaired) electrons. The van der Waals surface area contributed by atoms with Crippen molar-refractivity contribution < 1.29 is 9.18 Å². The molecule has 0 atom stereocenters. The number of aromatic nitrogens is 3.